The van der Waals surface area contributed by atoms with Crippen molar-refractivity contribution in [1.29, 1.82) is 0 Å². The molecule has 3 nitrogen and oxygen atoms in total. The number of nitrogens with one attached hydrogen (secondary N) is 1. The van der Waals surface area contributed by atoms with E-state index in [-0.39, 0.29) is 5.91 Å². The molecule has 1 atom stereocenters. The van der Waals surface area contributed by atoms with E-state index in [0.717, 1.165) is 25.1 Å². The van der Waals surface area contributed by atoms with Crippen molar-refractivity contribution < 1.29 is 4.79 Å². The Morgan fingerprint density at radius 1 is 1.69 bits per heavy atom. The number of likely N-dealkylation sites (N-methyl/N-ethyl adjacent to an activating group) is 1. The van der Waals surface area contributed by atoms with Crippen LogP contribution in [0, 0.1) is 0 Å². The summed E-state index contributed by atoms with van der Waals surface area (Å²) in [7, 11) is 1.97. The third-order valence-corrected chi connectivity index (χ3v) is 3.85. The maximum atomic E-state index is 12.0. The zero-order chi connectivity index (χ0) is 11.4. The van der Waals surface area contributed by atoms with Crippen LogP contribution in [0.2, 0.25) is 0 Å². The molecule has 1 saturated heterocycles. The molecule has 0 spiro atoms. The zero-order valence-electron chi connectivity index (χ0n) is 9.61. The number of carbonyl (C=O) groups is 1. The van der Waals surface area contributed by atoms with Crippen molar-refractivity contribution in [2.24, 2.45) is 0 Å². The van der Waals surface area contributed by atoms with Gasteiger partial charge in [0.2, 0.25) is 5.91 Å². The van der Waals surface area contributed by atoms with E-state index < -0.39 is 0 Å². The summed E-state index contributed by atoms with van der Waals surface area (Å²) in [5.41, 5.74) is 1.14. The van der Waals surface area contributed by atoms with Gasteiger partial charge >= 0.3 is 0 Å². The van der Waals surface area contributed by atoms with Gasteiger partial charge in [0.25, 0.3) is 0 Å². The van der Waals surface area contributed by atoms with Crippen molar-refractivity contribution in [1.82, 2.24) is 10.2 Å². The van der Waals surface area contributed by atoms with Crippen LogP contribution < -0.4 is 5.32 Å². The Kier molecular flexibility index (Phi) is 3.96. The molecule has 88 valence electrons. The lowest BCUT2D eigenvalue weighted by Gasteiger charge is -2.32. The number of thiophene rings is 1. The molecule has 2 heterocycles. The van der Waals surface area contributed by atoms with Crippen molar-refractivity contribution >= 4 is 17.2 Å². The van der Waals surface area contributed by atoms with Crippen molar-refractivity contribution in [3.8, 4) is 0 Å². The highest BCUT2D eigenvalue weighted by Gasteiger charge is 2.22. The molecule has 1 aromatic rings. The van der Waals surface area contributed by atoms with Crippen LogP contribution in [0.1, 0.15) is 18.4 Å². The fraction of sp³-hybridized carbons (Fsp3) is 0.583. The van der Waals surface area contributed by atoms with E-state index in [1.807, 2.05) is 23.4 Å². The highest BCUT2D eigenvalue weighted by molar-refractivity contribution is 7.07. The number of hydrogen-bond acceptors (Lipinski definition) is 3. The van der Waals surface area contributed by atoms with Gasteiger partial charge in [0.05, 0.1) is 6.42 Å². The van der Waals surface area contributed by atoms with Crippen molar-refractivity contribution in [3.05, 3.63) is 22.4 Å². The second kappa shape index (κ2) is 5.46. The smallest absolute Gasteiger partial charge is 0.227 e. The minimum absolute atomic E-state index is 0.262. The Morgan fingerprint density at radius 2 is 2.56 bits per heavy atom. The van der Waals surface area contributed by atoms with Gasteiger partial charge in [-0.25, -0.2) is 0 Å². The normalized spacial score (nSPS) is 21.1. The molecule has 1 amide bonds. The summed E-state index contributed by atoms with van der Waals surface area (Å²) in [6.45, 7) is 1.78. The van der Waals surface area contributed by atoms with Crippen molar-refractivity contribution in [2.45, 2.75) is 25.3 Å². The van der Waals surface area contributed by atoms with Gasteiger partial charge in [0, 0.05) is 19.1 Å². The summed E-state index contributed by atoms with van der Waals surface area (Å²) in [5.74, 6) is 0.262. The van der Waals surface area contributed by atoms with Crippen LogP contribution in [0.25, 0.3) is 0 Å². The summed E-state index contributed by atoms with van der Waals surface area (Å²) in [6, 6.07) is 2.50. The van der Waals surface area contributed by atoms with Gasteiger partial charge < -0.3 is 10.2 Å². The van der Waals surface area contributed by atoms with Gasteiger partial charge in [-0.15, -0.1) is 0 Å². The topological polar surface area (TPSA) is 32.3 Å². The number of nitrogens with zero attached hydrogens (tertiary/aromatic N) is 1. The molecule has 0 aliphatic carbocycles. The number of amides is 1. The van der Waals surface area contributed by atoms with E-state index in [4.69, 9.17) is 0 Å². The number of likely N-dealkylation sites (tertiary alicyclic amines) is 1. The number of piperidine rings is 1. The molecule has 1 aliphatic rings. The lowest BCUT2D eigenvalue weighted by atomic mass is 10.1. The Hall–Kier alpha value is -0.870. The third kappa shape index (κ3) is 2.83. The number of rotatable bonds is 3. The molecule has 0 saturated carbocycles. The van der Waals surface area contributed by atoms with Crippen molar-refractivity contribution in [2.75, 3.05) is 20.1 Å². The standard InChI is InChI=1S/C12H18N2OS/c1-13-11-3-2-5-14(8-11)12(15)7-10-4-6-16-9-10/h4,6,9,11,13H,2-3,5,7-8H2,1H3. The summed E-state index contributed by atoms with van der Waals surface area (Å²) in [5, 5.41) is 7.33. The minimum atomic E-state index is 0.262. The quantitative estimate of drug-likeness (QED) is 0.865. The number of hydrogen-bond donors (Lipinski definition) is 1. The summed E-state index contributed by atoms with van der Waals surface area (Å²) >= 11 is 1.65. The maximum absolute atomic E-state index is 12.0. The van der Waals surface area contributed by atoms with E-state index in [1.54, 1.807) is 11.3 Å². The molecule has 4 heteroatoms. The molecule has 1 aliphatic heterocycles. The fourth-order valence-electron chi connectivity index (χ4n) is 2.12. The van der Waals surface area contributed by atoms with Gasteiger partial charge in [-0.2, -0.15) is 11.3 Å². The Bertz CT molecular complexity index is 337. The van der Waals surface area contributed by atoms with E-state index in [2.05, 4.69) is 10.7 Å². The Morgan fingerprint density at radius 3 is 3.25 bits per heavy atom. The van der Waals surface area contributed by atoms with Crippen LogP contribution in [-0.2, 0) is 11.2 Å². The predicted octanol–water partition coefficient (Wildman–Crippen LogP) is 1.50. The second-order valence-electron chi connectivity index (χ2n) is 4.28. The van der Waals surface area contributed by atoms with E-state index in [0.29, 0.717) is 12.5 Å². The van der Waals surface area contributed by atoms with Gasteiger partial charge in [-0.1, -0.05) is 0 Å². The van der Waals surface area contributed by atoms with Crippen LogP contribution in [0.5, 0.6) is 0 Å². The van der Waals surface area contributed by atoms with Gasteiger partial charge in [0.1, 0.15) is 0 Å². The zero-order valence-corrected chi connectivity index (χ0v) is 10.4. The molecule has 0 bridgehead atoms. The number of carbonyl (C=O) groups excluding carboxylic acids is 1. The summed E-state index contributed by atoms with van der Waals surface area (Å²) in [6.07, 6.45) is 2.85. The van der Waals surface area contributed by atoms with Gasteiger partial charge in [0.15, 0.2) is 0 Å². The molecule has 1 N–H and O–H groups in total. The molecular formula is C12H18N2OS. The molecule has 1 aromatic heterocycles. The molecule has 0 aromatic carbocycles. The van der Waals surface area contributed by atoms with Gasteiger partial charge in [-0.3, -0.25) is 4.79 Å². The van der Waals surface area contributed by atoms with Crippen molar-refractivity contribution in [3.63, 3.8) is 0 Å². The first-order valence-electron chi connectivity index (χ1n) is 5.75. The minimum Gasteiger partial charge on any atom is -0.341 e. The molecule has 0 radical (unpaired) electrons. The SMILES string of the molecule is CNC1CCCN(C(=O)Cc2ccsc2)C1. The van der Waals surface area contributed by atoms with Gasteiger partial charge in [-0.05, 0) is 42.3 Å². The van der Waals surface area contributed by atoms with E-state index in [9.17, 15) is 4.79 Å². The molecular weight excluding hydrogens is 220 g/mol. The van der Waals surface area contributed by atoms with Crippen LogP contribution in [-0.4, -0.2) is 37.0 Å². The highest BCUT2D eigenvalue weighted by Crippen LogP contribution is 2.13. The largest absolute Gasteiger partial charge is 0.341 e. The molecule has 1 fully saturated rings. The lowest BCUT2D eigenvalue weighted by molar-refractivity contribution is -0.131. The fourth-order valence-corrected chi connectivity index (χ4v) is 2.79. The second-order valence-corrected chi connectivity index (χ2v) is 5.06. The molecule has 1 unspecified atom stereocenters. The van der Waals surface area contributed by atoms with Crippen LogP contribution in [0.4, 0.5) is 0 Å². The predicted molar refractivity (Wildman–Crippen MR) is 66.7 cm³/mol. The Labute approximate surface area is 100 Å². The molecule has 2 rings (SSSR count). The van der Waals surface area contributed by atoms with E-state index in [1.165, 1.54) is 6.42 Å². The highest BCUT2D eigenvalue weighted by atomic mass is 32.1. The van der Waals surface area contributed by atoms with Crippen LogP contribution in [0.15, 0.2) is 16.8 Å². The Balaban J connectivity index is 1.89. The third-order valence-electron chi connectivity index (χ3n) is 3.12. The monoisotopic (exact) mass is 238 g/mol. The maximum Gasteiger partial charge on any atom is 0.227 e. The first kappa shape index (κ1) is 11.6. The van der Waals surface area contributed by atoms with Crippen LogP contribution in [0.3, 0.4) is 0 Å². The first-order chi connectivity index (χ1) is 7.79. The summed E-state index contributed by atoms with van der Waals surface area (Å²) < 4.78 is 0. The average Bonchev–Trinajstić information content (AvgIpc) is 2.82. The van der Waals surface area contributed by atoms with Crippen LogP contribution >= 0.6 is 11.3 Å². The average molecular weight is 238 g/mol. The summed E-state index contributed by atoms with van der Waals surface area (Å²) in [4.78, 5) is 14.0. The molecule has 16 heavy (non-hydrogen) atoms. The van der Waals surface area contributed by atoms with E-state index >= 15 is 0 Å². The first-order valence-corrected chi connectivity index (χ1v) is 6.70. The lowest BCUT2D eigenvalue weighted by Crippen LogP contribution is -2.47.